The number of hydrogen-bond donors (Lipinski definition) is 2. The smallest absolute Gasteiger partial charge is 0.147 e. The predicted molar refractivity (Wildman–Crippen MR) is 72.3 cm³/mol. The van der Waals surface area contributed by atoms with Crippen molar-refractivity contribution in [2.75, 3.05) is 6.54 Å². The fourth-order valence-corrected chi connectivity index (χ4v) is 2.87. The van der Waals surface area contributed by atoms with Gasteiger partial charge >= 0.3 is 0 Å². The molecule has 1 aromatic heterocycles. The Kier molecular flexibility index (Phi) is 2.86. The Morgan fingerprint density at radius 3 is 2.78 bits per heavy atom. The van der Waals surface area contributed by atoms with Crippen LogP contribution in [0.1, 0.15) is 42.1 Å². The summed E-state index contributed by atoms with van der Waals surface area (Å²) in [6.45, 7) is 5.08. The normalized spacial score (nSPS) is 20.5. The molecule has 0 bridgehead atoms. The lowest BCUT2D eigenvalue weighted by Gasteiger charge is -2.24. The van der Waals surface area contributed by atoms with Gasteiger partial charge < -0.3 is 10.3 Å². The topological polar surface area (TPSA) is 27.8 Å². The summed E-state index contributed by atoms with van der Waals surface area (Å²) in [6.07, 6.45) is 3.55. The summed E-state index contributed by atoms with van der Waals surface area (Å²) >= 11 is 0. The Balaban J connectivity index is 2.10. The van der Waals surface area contributed by atoms with Gasteiger partial charge in [-0.05, 0) is 56.5 Å². The Bertz CT molecular complexity index is 580. The lowest BCUT2D eigenvalue weighted by atomic mass is 9.96. The van der Waals surface area contributed by atoms with Crippen molar-refractivity contribution in [3.05, 3.63) is 34.8 Å². The number of aromatic nitrogens is 1. The summed E-state index contributed by atoms with van der Waals surface area (Å²) in [6, 6.07) is 4.13. The second kappa shape index (κ2) is 4.39. The highest BCUT2D eigenvalue weighted by atomic mass is 19.1. The third kappa shape index (κ3) is 1.83. The molecule has 2 N–H and O–H groups in total. The van der Waals surface area contributed by atoms with E-state index in [1.54, 1.807) is 6.07 Å². The molecule has 0 amide bonds. The first kappa shape index (κ1) is 11.7. The van der Waals surface area contributed by atoms with Gasteiger partial charge in [0.15, 0.2) is 0 Å². The molecule has 1 aliphatic heterocycles. The minimum atomic E-state index is -0.133. The SMILES string of the molecule is Cc1[nH]c2c(F)cc(C3CCCCN3)cc2c1C. The number of aryl methyl sites for hydroxylation is 2. The molecule has 2 heterocycles. The summed E-state index contributed by atoms with van der Waals surface area (Å²) in [4.78, 5) is 3.13. The summed E-state index contributed by atoms with van der Waals surface area (Å²) in [5, 5.41) is 4.50. The van der Waals surface area contributed by atoms with Crippen LogP contribution in [0.25, 0.3) is 10.9 Å². The van der Waals surface area contributed by atoms with Crippen molar-refractivity contribution in [2.24, 2.45) is 0 Å². The molecule has 0 aliphatic carbocycles. The van der Waals surface area contributed by atoms with Crippen LogP contribution in [0.4, 0.5) is 4.39 Å². The maximum Gasteiger partial charge on any atom is 0.147 e. The molecule has 96 valence electrons. The molecule has 0 saturated carbocycles. The van der Waals surface area contributed by atoms with Crippen molar-refractivity contribution >= 4 is 10.9 Å². The number of nitrogens with one attached hydrogen (secondary N) is 2. The lowest BCUT2D eigenvalue weighted by Crippen LogP contribution is -2.26. The summed E-state index contributed by atoms with van der Waals surface area (Å²) in [5.74, 6) is -0.133. The highest BCUT2D eigenvalue weighted by Gasteiger charge is 2.18. The van der Waals surface area contributed by atoms with E-state index in [4.69, 9.17) is 0 Å². The molecule has 1 aliphatic rings. The Labute approximate surface area is 107 Å². The molecule has 18 heavy (non-hydrogen) atoms. The van der Waals surface area contributed by atoms with Crippen LogP contribution in [0.5, 0.6) is 0 Å². The van der Waals surface area contributed by atoms with Gasteiger partial charge in [0.2, 0.25) is 0 Å². The molecule has 2 aromatic rings. The number of H-pyrrole nitrogens is 1. The molecular formula is C15H19FN2. The van der Waals surface area contributed by atoms with Crippen LogP contribution in [0.2, 0.25) is 0 Å². The first-order valence-corrected chi connectivity index (χ1v) is 6.68. The van der Waals surface area contributed by atoms with E-state index < -0.39 is 0 Å². The number of halogens is 1. The molecule has 1 unspecified atom stereocenters. The van der Waals surface area contributed by atoms with Gasteiger partial charge in [-0.15, -0.1) is 0 Å². The van der Waals surface area contributed by atoms with Crippen LogP contribution >= 0.6 is 0 Å². The third-order valence-corrected chi connectivity index (χ3v) is 4.10. The van der Waals surface area contributed by atoms with E-state index in [1.807, 2.05) is 13.8 Å². The molecule has 0 radical (unpaired) electrons. The van der Waals surface area contributed by atoms with Gasteiger partial charge in [0.05, 0.1) is 5.52 Å². The largest absolute Gasteiger partial charge is 0.356 e. The van der Waals surface area contributed by atoms with E-state index in [0.717, 1.165) is 35.2 Å². The van der Waals surface area contributed by atoms with Crippen molar-refractivity contribution < 1.29 is 4.39 Å². The Morgan fingerprint density at radius 2 is 2.06 bits per heavy atom. The van der Waals surface area contributed by atoms with Gasteiger partial charge in [0.25, 0.3) is 0 Å². The maximum atomic E-state index is 14.1. The van der Waals surface area contributed by atoms with E-state index in [9.17, 15) is 4.39 Å². The fraction of sp³-hybridized carbons (Fsp3) is 0.467. The van der Waals surface area contributed by atoms with Gasteiger partial charge in [-0.3, -0.25) is 0 Å². The molecule has 0 spiro atoms. The second-order valence-corrected chi connectivity index (χ2v) is 5.30. The van der Waals surface area contributed by atoms with Crippen LogP contribution in [0.3, 0.4) is 0 Å². The van der Waals surface area contributed by atoms with Crippen molar-refractivity contribution in [1.82, 2.24) is 10.3 Å². The number of piperidine rings is 1. The van der Waals surface area contributed by atoms with Crippen LogP contribution in [-0.4, -0.2) is 11.5 Å². The predicted octanol–water partition coefficient (Wildman–Crippen LogP) is 3.74. The zero-order valence-electron chi connectivity index (χ0n) is 10.9. The fourth-order valence-electron chi connectivity index (χ4n) is 2.87. The van der Waals surface area contributed by atoms with Gasteiger partial charge in [0, 0.05) is 17.1 Å². The molecule has 1 aromatic carbocycles. The Morgan fingerprint density at radius 1 is 1.22 bits per heavy atom. The standard InChI is InChI=1S/C15H19FN2/c1-9-10(2)18-15-12(9)7-11(8-13(15)16)14-5-3-4-6-17-14/h7-8,14,17-18H,3-6H2,1-2H3. The van der Waals surface area contributed by atoms with Gasteiger partial charge in [-0.2, -0.15) is 0 Å². The molecule has 2 nitrogen and oxygen atoms in total. The number of hydrogen-bond acceptors (Lipinski definition) is 1. The first-order valence-electron chi connectivity index (χ1n) is 6.68. The third-order valence-electron chi connectivity index (χ3n) is 4.10. The highest BCUT2D eigenvalue weighted by Crippen LogP contribution is 2.30. The second-order valence-electron chi connectivity index (χ2n) is 5.30. The zero-order valence-corrected chi connectivity index (χ0v) is 10.9. The first-order chi connectivity index (χ1) is 8.66. The molecule has 1 fully saturated rings. The van der Waals surface area contributed by atoms with E-state index in [2.05, 4.69) is 16.4 Å². The summed E-state index contributed by atoms with van der Waals surface area (Å²) in [7, 11) is 0. The molecule has 1 atom stereocenters. The van der Waals surface area contributed by atoms with E-state index in [-0.39, 0.29) is 5.82 Å². The minimum absolute atomic E-state index is 0.133. The van der Waals surface area contributed by atoms with Gasteiger partial charge in [-0.25, -0.2) is 4.39 Å². The van der Waals surface area contributed by atoms with E-state index >= 15 is 0 Å². The van der Waals surface area contributed by atoms with Crippen molar-refractivity contribution in [1.29, 1.82) is 0 Å². The van der Waals surface area contributed by atoms with Gasteiger partial charge in [-0.1, -0.05) is 6.42 Å². The average molecular weight is 246 g/mol. The van der Waals surface area contributed by atoms with E-state index in [1.165, 1.54) is 12.8 Å². The summed E-state index contributed by atoms with van der Waals surface area (Å²) in [5.41, 5.74) is 3.94. The number of fused-ring (bicyclic) bond motifs is 1. The summed E-state index contributed by atoms with van der Waals surface area (Å²) < 4.78 is 14.1. The number of benzene rings is 1. The van der Waals surface area contributed by atoms with Crippen LogP contribution < -0.4 is 5.32 Å². The zero-order chi connectivity index (χ0) is 12.7. The van der Waals surface area contributed by atoms with E-state index in [0.29, 0.717) is 11.6 Å². The molecular weight excluding hydrogens is 227 g/mol. The highest BCUT2D eigenvalue weighted by molar-refractivity contribution is 5.85. The quantitative estimate of drug-likeness (QED) is 0.788. The van der Waals surface area contributed by atoms with Crippen LogP contribution in [0.15, 0.2) is 12.1 Å². The maximum absolute atomic E-state index is 14.1. The molecule has 1 saturated heterocycles. The average Bonchev–Trinajstić information content (AvgIpc) is 2.68. The van der Waals surface area contributed by atoms with Crippen molar-refractivity contribution in [2.45, 2.75) is 39.2 Å². The lowest BCUT2D eigenvalue weighted by molar-refractivity contribution is 0.411. The monoisotopic (exact) mass is 246 g/mol. The minimum Gasteiger partial charge on any atom is -0.356 e. The molecule has 3 heteroatoms. The van der Waals surface area contributed by atoms with Crippen molar-refractivity contribution in [3.8, 4) is 0 Å². The van der Waals surface area contributed by atoms with Crippen LogP contribution in [-0.2, 0) is 0 Å². The van der Waals surface area contributed by atoms with Crippen LogP contribution in [0, 0.1) is 19.7 Å². The molecule has 3 rings (SSSR count). The number of rotatable bonds is 1. The van der Waals surface area contributed by atoms with Crippen molar-refractivity contribution in [3.63, 3.8) is 0 Å². The van der Waals surface area contributed by atoms with Gasteiger partial charge in [0.1, 0.15) is 5.82 Å². The Hall–Kier alpha value is -1.35. The number of aromatic amines is 1.